The van der Waals surface area contributed by atoms with E-state index in [4.69, 9.17) is 0 Å². The van der Waals surface area contributed by atoms with Crippen molar-refractivity contribution < 1.29 is 0 Å². The van der Waals surface area contributed by atoms with E-state index in [9.17, 15) is 0 Å². The topological polar surface area (TPSA) is 0 Å². The molecule has 0 heterocycles. The van der Waals surface area contributed by atoms with Gasteiger partial charge in [0.15, 0.2) is 0 Å². The molecule has 0 radical (unpaired) electrons. The predicted molar refractivity (Wildman–Crippen MR) is 101 cm³/mol. The molecule has 0 spiro atoms. The molecule has 0 atom stereocenters. The Hall–Kier alpha value is -1.30. The molecule has 3 rings (SSSR count). The van der Waals surface area contributed by atoms with Crippen LogP contribution in [0.25, 0.3) is 0 Å². The van der Waals surface area contributed by atoms with Gasteiger partial charge >= 0.3 is 141 Å². The van der Waals surface area contributed by atoms with E-state index >= 15 is 0 Å². The third-order valence-electron chi connectivity index (χ3n) is 4.15. The second-order valence-electron chi connectivity index (χ2n) is 5.50. The van der Waals surface area contributed by atoms with Gasteiger partial charge in [0.05, 0.1) is 0 Å². The Morgan fingerprint density at radius 3 is 1.64 bits per heavy atom. The van der Waals surface area contributed by atoms with Crippen molar-refractivity contribution in [1.82, 2.24) is 0 Å². The molecular weight excluding hydrogens is 398 g/mol. The zero-order chi connectivity index (χ0) is 15.6. The first-order chi connectivity index (χ1) is 10.6. The van der Waals surface area contributed by atoms with E-state index in [-0.39, 0.29) is 0 Å². The summed E-state index contributed by atoms with van der Waals surface area (Å²) in [5.74, 6) is 0. The van der Waals surface area contributed by atoms with Crippen LogP contribution in [0.5, 0.6) is 0 Å². The molecule has 0 aliphatic heterocycles. The van der Waals surface area contributed by atoms with Gasteiger partial charge in [-0.3, -0.25) is 0 Å². The quantitative estimate of drug-likeness (QED) is 0.573. The van der Waals surface area contributed by atoms with Gasteiger partial charge in [0.2, 0.25) is 0 Å². The first-order valence-electron chi connectivity index (χ1n) is 7.42. The Bertz CT molecular complexity index is 777. The summed E-state index contributed by atoms with van der Waals surface area (Å²) in [4.78, 5) is 0. The van der Waals surface area contributed by atoms with Crippen LogP contribution in [0.3, 0.4) is 0 Å². The van der Waals surface area contributed by atoms with Gasteiger partial charge in [-0.05, 0) is 0 Å². The van der Waals surface area contributed by atoms with Gasteiger partial charge in [-0.2, -0.15) is 0 Å². The van der Waals surface area contributed by atoms with Crippen molar-refractivity contribution in [3.63, 3.8) is 0 Å². The van der Waals surface area contributed by atoms with E-state index in [1.807, 2.05) is 0 Å². The van der Waals surface area contributed by atoms with Crippen LogP contribution in [-0.2, 0) is 0 Å². The molecule has 0 aliphatic carbocycles. The summed E-state index contributed by atoms with van der Waals surface area (Å²) >= 11 is 3.68. The van der Waals surface area contributed by atoms with Crippen LogP contribution in [0.1, 0.15) is 11.1 Å². The van der Waals surface area contributed by atoms with Crippen molar-refractivity contribution in [3.8, 4) is 0 Å². The molecule has 3 aromatic rings. The molecule has 0 aliphatic rings. The molecule has 0 nitrogen and oxygen atoms in total. The van der Waals surface area contributed by atoms with Crippen LogP contribution in [0, 0.1) is 13.8 Å². The average Bonchev–Trinajstić information content (AvgIpc) is 2.58. The van der Waals surface area contributed by atoms with E-state index in [0.29, 0.717) is 0 Å². The molecule has 0 amide bonds. The van der Waals surface area contributed by atoms with Crippen molar-refractivity contribution in [2.75, 3.05) is 0 Å². The van der Waals surface area contributed by atoms with E-state index < -0.39 is 10.5 Å². The zero-order valence-electron chi connectivity index (χ0n) is 12.9. The van der Waals surface area contributed by atoms with Gasteiger partial charge in [-0.25, -0.2) is 0 Å². The first kappa shape index (κ1) is 15.6. The van der Waals surface area contributed by atoms with E-state index in [0.717, 1.165) is 0 Å². The Labute approximate surface area is 141 Å². The van der Waals surface area contributed by atoms with Gasteiger partial charge in [0.1, 0.15) is 0 Å². The maximum absolute atomic E-state index is 3.68. The zero-order valence-corrected chi connectivity index (χ0v) is 16.5. The fraction of sp³-hybridized carbons (Fsp3) is 0.100. The number of hydrogen-bond acceptors (Lipinski definition) is 0. The molecule has 2 heteroatoms. The number of aryl methyl sites for hydroxylation is 1. The van der Waals surface area contributed by atoms with Gasteiger partial charge in [0.25, 0.3) is 0 Å². The minimum atomic E-state index is -2.51. The average molecular weight is 418 g/mol. The van der Waals surface area contributed by atoms with Crippen LogP contribution in [0.4, 0.5) is 0 Å². The van der Waals surface area contributed by atoms with E-state index in [1.165, 1.54) is 24.5 Å². The summed E-state index contributed by atoms with van der Waals surface area (Å²) in [6.45, 7) is 4.46. The van der Waals surface area contributed by atoms with Crippen molar-refractivity contribution >= 4 is 37.5 Å². The van der Waals surface area contributed by atoms with Crippen LogP contribution < -0.4 is 13.4 Å². The SMILES string of the molecule is Cc1cccc([SeH](=[Se])(c2ccccc2)c2ccccc2)c1C. The maximum atomic E-state index is 3.68. The molecule has 0 unspecified atom stereocenters. The molecule has 0 bridgehead atoms. The molecule has 0 saturated heterocycles. The summed E-state index contributed by atoms with van der Waals surface area (Å²) in [5.41, 5.74) is 2.78. The van der Waals surface area contributed by atoms with Crippen LogP contribution in [0.15, 0.2) is 78.9 Å². The van der Waals surface area contributed by atoms with Gasteiger partial charge in [0, 0.05) is 0 Å². The van der Waals surface area contributed by atoms with Crippen LogP contribution in [-0.4, -0.2) is 24.1 Å². The van der Waals surface area contributed by atoms with Crippen molar-refractivity contribution in [1.29, 1.82) is 0 Å². The molecule has 0 aromatic heterocycles. The van der Waals surface area contributed by atoms with Gasteiger partial charge in [-0.15, -0.1) is 0 Å². The third-order valence-corrected chi connectivity index (χ3v) is 17.6. The second-order valence-corrected chi connectivity index (χ2v) is 17.2. The first-order valence-corrected chi connectivity index (χ1v) is 15.0. The third kappa shape index (κ3) is 2.69. The standard InChI is InChI=1S/C20H20Se2/c1-16-10-9-15-20(17(16)2)22(21,18-11-5-3-6-12-18)19-13-7-4-8-14-19/h3-15,22H,1-2H3. The van der Waals surface area contributed by atoms with Gasteiger partial charge in [-0.1, -0.05) is 0 Å². The molecular formula is C20H20Se2. The van der Waals surface area contributed by atoms with Crippen molar-refractivity contribution in [2.45, 2.75) is 13.8 Å². The van der Waals surface area contributed by atoms with Crippen LogP contribution in [0.2, 0.25) is 0 Å². The molecule has 22 heavy (non-hydrogen) atoms. The number of benzene rings is 3. The van der Waals surface area contributed by atoms with E-state index in [1.54, 1.807) is 0 Å². The molecule has 0 fully saturated rings. The normalized spacial score (nSPS) is 12.1. The molecule has 0 N–H and O–H groups in total. The summed E-state index contributed by atoms with van der Waals surface area (Å²) in [5, 5.41) is 0. The second kappa shape index (κ2) is 6.44. The Morgan fingerprint density at radius 1 is 0.636 bits per heavy atom. The predicted octanol–water partition coefficient (Wildman–Crippen LogP) is 2.17. The number of rotatable bonds is 3. The fourth-order valence-electron chi connectivity index (χ4n) is 2.78. The summed E-state index contributed by atoms with van der Waals surface area (Å²) in [6, 6.07) is 28.6. The Balaban J connectivity index is 2.34. The fourth-order valence-corrected chi connectivity index (χ4v) is 13.8. The minimum absolute atomic E-state index is 1.37. The van der Waals surface area contributed by atoms with Crippen molar-refractivity contribution in [2.24, 2.45) is 0 Å². The van der Waals surface area contributed by atoms with Crippen molar-refractivity contribution in [3.05, 3.63) is 90.0 Å². The molecule has 0 saturated carbocycles. The number of hydrogen-bond donors (Lipinski definition) is 0. The monoisotopic (exact) mass is 420 g/mol. The van der Waals surface area contributed by atoms with Gasteiger partial charge < -0.3 is 0 Å². The van der Waals surface area contributed by atoms with Crippen LogP contribution >= 0.6 is 0 Å². The summed E-state index contributed by atoms with van der Waals surface area (Å²) in [6.07, 6.45) is 0. The summed E-state index contributed by atoms with van der Waals surface area (Å²) < 4.78 is 4.39. The Morgan fingerprint density at radius 2 is 1.14 bits per heavy atom. The molecule has 3 aromatic carbocycles. The molecule has 112 valence electrons. The Kier molecular flexibility index (Phi) is 4.56. The summed E-state index contributed by atoms with van der Waals surface area (Å²) in [7, 11) is -2.51. The van der Waals surface area contributed by atoms with E-state index in [2.05, 4.69) is 106 Å².